The predicted octanol–water partition coefficient (Wildman–Crippen LogP) is 0.327. The smallest absolute Gasteiger partial charge is 0.320 e. The summed E-state index contributed by atoms with van der Waals surface area (Å²) in [6.07, 6.45) is 4.87. The highest BCUT2D eigenvalue weighted by molar-refractivity contribution is 5.77. The van der Waals surface area contributed by atoms with Crippen LogP contribution in [0, 0.1) is 0 Å². The summed E-state index contributed by atoms with van der Waals surface area (Å²) in [5.74, 6) is 4.09. The van der Waals surface area contributed by atoms with Crippen LogP contribution in [-0.4, -0.2) is 48.0 Å². The number of carbonyl (C=O) groups is 1. The van der Waals surface area contributed by atoms with Gasteiger partial charge in [-0.15, -0.1) is 0 Å². The minimum atomic E-state index is -1.08. The van der Waals surface area contributed by atoms with Gasteiger partial charge in [0.15, 0.2) is 0 Å². The second-order valence-corrected chi connectivity index (χ2v) is 6.02. The highest BCUT2D eigenvalue weighted by Crippen LogP contribution is 2.03. The molecule has 0 aliphatic carbocycles. The van der Waals surface area contributed by atoms with E-state index in [9.17, 15) is 9.18 Å². The number of nitrogens with zero attached hydrogens (tertiary/aromatic N) is 2. The Kier molecular flexibility index (Phi) is 21.3. The van der Waals surface area contributed by atoms with Gasteiger partial charge in [-0.2, -0.15) is 0 Å². The maximum atomic E-state index is 12.9. The first-order valence-electron chi connectivity index (χ1n) is 8.71. The molecule has 0 aliphatic rings. The second-order valence-electron chi connectivity index (χ2n) is 6.02. The quantitative estimate of drug-likeness (QED) is 0.0834. The van der Waals surface area contributed by atoms with Gasteiger partial charge in [-0.05, 0) is 39.5 Å². The largest absolute Gasteiger partial charge is 0.480 e. The standard InChI is InChI=1S/C9H16FN3O2.C7H19N5.CH4/c1-6(11)13-5-7(10)3-2-4-8(12)9(14)15;1-6(8)4-2-3-5-11-7(9)12-10;/h3,8H,2,4-5,12H2,1H3,(H2,11,13)(H,14,15);6H,2-5,8,10H2,1H3,(H3,9,11,12);1H4/b7-3+;;. The first-order valence-corrected chi connectivity index (χ1v) is 8.71. The number of rotatable bonds is 11. The van der Waals surface area contributed by atoms with Gasteiger partial charge in [-0.3, -0.25) is 20.2 Å². The van der Waals surface area contributed by atoms with Gasteiger partial charge in [0.2, 0.25) is 5.96 Å². The number of nitrogens with one attached hydrogen (secondary N) is 1. The third kappa shape index (κ3) is 23.8. The molecule has 0 aliphatic heterocycles. The number of hydrogen-bond donors (Lipinski definition) is 7. The van der Waals surface area contributed by atoms with Gasteiger partial charge in [-0.1, -0.05) is 19.9 Å². The molecule has 0 spiro atoms. The number of hydrogen-bond acceptors (Lipinski definition) is 6. The summed E-state index contributed by atoms with van der Waals surface area (Å²) in [6, 6.07) is -0.673. The van der Waals surface area contributed by atoms with Gasteiger partial charge in [-0.25, -0.2) is 10.2 Å². The number of aliphatic imine (C=N–C) groups is 2. The summed E-state index contributed by atoms with van der Waals surface area (Å²) in [5, 5.41) is 8.45. The molecule has 11 heteroatoms. The van der Waals surface area contributed by atoms with Crippen LogP contribution >= 0.6 is 0 Å². The fraction of sp³-hybridized carbons (Fsp3) is 0.706. The summed E-state index contributed by atoms with van der Waals surface area (Å²) in [7, 11) is 0. The van der Waals surface area contributed by atoms with E-state index in [4.69, 9.17) is 33.9 Å². The van der Waals surface area contributed by atoms with Gasteiger partial charge in [0.05, 0.1) is 12.4 Å². The van der Waals surface area contributed by atoms with Crippen LogP contribution in [-0.2, 0) is 4.79 Å². The molecule has 2 atom stereocenters. The minimum Gasteiger partial charge on any atom is -0.480 e. The van der Waals surface area contributed by atoms with Crippen LogP contribution in [0.5, 0.6) is 0 Å². The molecule has 166 valence electrons. The summed E-state index contributed by atoms with van der Waals surface area (Å²) < 4.78 is 12.9. The SMILES string of the molecule is C.CC(N)=NC/C(F)=C\CCC(N)C(=O)O.CC(N)CCCCN=C(N)NN. The third-order valence-corrected chi connectivity index (χ3v) is 3.14. The van der Waals surface area contributed by atoms with Crippen LogP contribution in [0.1, 0.15) is 53.4 Å². The highest BCUT2D eigenvalue weighted by atomic mass is 19.1. The van der Waals surface area contributed by atoms with Crippen molar-refractivity contribution in [1.82, 2.24) is 5.43 Å². The molecule has 0 fully saturated rings. The summed E-state index contributed by atoms with van der Waals surface area (Å²) >= 11 is 0. The van der Waals surface area contributed by atoms with Crippen molar-refractivity contribution < 1.29 is 14.3 Å². The van der Waals surface area contributed by atoms with Crippen molar-refractivity contribution in [3.8, 4) is 0 Å². The fourth-order valence-corrected chi connectivity index (χ4v) is 1.63. The Balaban J connectivity index is -0.000000441. The third-order valence-electron chi connectivity index (χ3n) is 3.14. The molecule has 0 aromatic heterocycles. The molecular weight excluding hydrogens is 367 g/mol. The van der Waals surface area contributed by atoms with E-state index in [0.717, 1.165) is 19.3 Å². The molecule has 0 aromatic rings. The maximum Gasteiger partial charge on any atom is 0.320 e. The molecule has 0 heterocycles. The van der Waals surface area contributed by atoms with Crippen molar-refractivity contribution in [3.05, 3.63) is 11.9 Å². The van der Waals surface area contributed by atoms with E-state index in [0.29, 0.717) is 12.4 Å². The Morgan fingerprint density at radius 2 is 1.82 bits per heavy atom. The Morgan fingerprint density at radius 1 is 1.21 bits per heavy atom. The lowest BCUT2D eigenvalue weighted by molar-refractivity contribution is -0.138. The molecule has 0 amide bonds. The number of amidine groups is 1. The molecule has 10 nitrogen and oxygen atoms in total. The van der Waals surface area contributed by atoms with Gasteiger partial charge < -0.3 is 28.0 Å². The first kappa shape index (κ1) is 30.5. The van der Waals surface area contributed by atoms with Crippen LogP contribution < -0.4 is 34.2 Å². The highest BCUT2D eigenvalue weighted by Gasteiger charge is 2.09. The lowest BCUT2D eigenvalue weighted by Gasteiger charge is -2.02. The minimum absolute atomic E-state index is 0. The number of allylic oxidation sites excluding steroid dienone is 1. The second kappa shape index (κ2) is 19.5. The van der Waals surface area contributed by atoms with E-state index < -0.39 is 17.8 Å². The monoisotopic (exact) mass is 406 g/mol. The van der Waals surface area contributed by atoms with Gasteiger partial charge >= 0.3 is 5.97 Å². The zero-order valence-electron chi connectivity index (χ0n) is 16.2. The van der Waals surface area contributed by atoms with Gasteiger partial charge in [0.25, 0.3) is 0 Å². The zero-order valence-corrected chi connectivity index (χ0v) is 16.2. The Labute approximate surface area is 167 Å². The fourth-order valence-electron chi connectivity index (χ4n) is 1.63. The van der Waals surface area contributed by atoms with E-state index in [2.05, 4.69) is 15.4 Å². The van der Waals surface area contributed by atoms with Crippen molar-refractivity contribution in [1.29, 1.82) is 0 Å². The molecule has 12 N–H and O–H groups in total. The van der Waals surface area contributed by atoms with E-state index >= 15 is 0 Å². The summed E-state index contributed by atoms with van der Waals surface area (Å²) in [5.41, 5.74) is 23.6. The van der Waals surface area contributed by atoms with E-state index in [1.807, 2.05) is 6.92 Å². The lowest BCUT2D eigenvalue weighted by atomic mass is 10.1. The molecule has 0 bridgehead atoms. The normalized spacial score (nSPS) is 14.3. The van der Waals surface area contributed by atoms with Crippen LogP contribution in [0.15, 0.2) is 21.9 Å². The zero-order chi connectivity index (χ0) is 21.2. The van der Waals surface area contributed by atoms with Crippen LogP contribution in [0.25, 0.3) is 0 Å². The number of hydrazine groups is 1. The molecule has 0 rings (SSSR count). The molecule has 0 radical (unpaired) electrons. The summed E-state index contributed by atoms with van der Waals surface area (Å²) in [4.78, 5) is 17.9. The number of aliphatic carboxylic acids is 1. The van der Waals surface area contributed by atoms with Gasteiger partial charge in [0.1, 0.15) is 11.9 Å². The number of halogens is 1. The molecule has 2 unspecified atom stereocenters. The van der Waals surface area contributed by atoms with Crippen molar-refractivity contribution >= 4 is 17.8 Å². The molecule has 0 aromatic carbocycles. The van der Waals surface area contributed by atoms with Crippen molar-refractivity contribution in [2.24, 2.45) is 38.8 Å². The van der Waals surface area contributed by atoms with Crippen LogP contribution in [0.4, 0.5) is 4.39 Å². The van der Waals surface area contributed by atoms with Crippen LogP contribution in [0.3, 0.4) is 0 Å². The number of guanidine groups is 1. The average molecular weight is 407 g/mol. The number of carboxylic acids is 1. The number of carboxylic acid groups (broad SMARTS) is 1. The summed E-state index contributed by atoms with van der Waals surface area (Å²) in [6.45, 7) is 4.17. The number of unbranched alkanes of at least 4 members (excludes halogenated alkanes) is 1. The van der Waals surface area contributed by atoms with E-state index in [-0.39, 0.29) is 38.8 Å². The molecule has 0 saturated carbocycles. The van der Waals surface area contributed by atoms with Crippen LogP contribution in [0.2, 0.25) is 0 Å². The average Bonchev–Trinajstić information content (AvgIpc) is 2.59. The predicted molar refractivity (Wildman–Crippen MR) is 114 cm³/mol. The number of nitrogens with two attached hydrogens (primary N) is 5. The molecular formula is C17H39FN8O2. The van der Waals surface area contributed by atoms with E-state index in [1.165, 1.54) is 6.08 Å². The Morgan fingerprint density at radius 3 is 2.29 bits per heavy atom. The van der Waals surface area contributed by atoms with Crippen molar-refractivity contribution in [3.63, 3.8) is 0 Å². The van der Waals surface area contributed by atoms with Crippen molar-refractivity contribution in [2.75, 3.05) is 13.1 Å². The molecule has 28 heavy (non-hydrogen) atoms. The Hall–Kier alpha value is -2.24. The van der Waals surface area contributed by atoms with Crippen molar-refractivity contribution in [2.45, 2.75) is 65.5 Å². The maximum absolute atomic E-state index is 12.9. The topological polar surface area (TPSA) is 204 Å². The lowest BCUT2D eigenvalue weighted by Crippen LogP contribution is -2.37. The van der Waals surface area contributed by atoms with Gasteiger partial charge in [0, 0.05) is 12.6 Å². The first-order chi connectivity index (χ1) is 12.6. The van der Waals surface area contributed by atoms with E-state index in [1.54, 1.807) is 6.92 Å². The molecule has 0 saturated heterocycles. The Bertz CT molecular complexity index is 492.